The predicted octanol–water partition coefficient (Wildman–Crippen LogP) is 3.14. The molecule has 2 N–H and O–H groups in total. The summed E-state index contributed by atoms with van der Waals surface area (Å²) in [5.74, 6) is 1.05. The minimum Gasteiger partial charge on any atom is -0.493 e. The van der Waals surface area contributed by atoms with Crippen LogP contribution in [0, 0.1) is 0 Å². The van der Waals surface area contributed by atoms with E-state index in [0.717, 1.165) is 25.7 Å². The summed E-state index contributed by atoms with van der Waals surface area (Å²) in [6.45, 7) is 8.47. The van der Waals surface area contributed by atoms with Crippen molar-refractivity contribution in [1.82, 2.24) is 10.2 Å². The Morgan fingerprint density at radius 3 is 2.50 bits per heavy atom. The normalized spacial score (nSPS) is 16.1. The second-order valence-electron chi connectivity index (χ2n) is 8.77. The molecule has 1 aromatic rings. The first-order valence-electron chi connectivity index (χ1n) is 10.7. The molecule has 1 heterocycles. The van der Waals surface area contributed by atoms with E-state index < -0.39 is 5.60 Å². The molecule has 168 valence electrons. The Balaban J connectivity index is 1.96. The molecule has 2 rings (SSSR count). The summed E-state index contributed by atoms with van der Waals surface area (Å²) < 4.78 is 11.5. The molecule has 0 radical (unpaired) electrons. The van der Waals surface area contributed by atoms with Crippen LogP contribution in [0.5, 0.6) is 11.5 Å². The molecule has 1 aliphatic rings. The maximum absolute atomic E-state index is 12.7. The summed E-state index contributed by atoms with van der Waals surface area (Å²) in [7, 11) is 1.57. The lowest BCUT2D eigenvalue weighted by Gasteiger charge is -2.31. The third-order valence-electron chi connectivity index (χ3n) is 5.41. The van der Waals surface area contributed by atoms with Gasteiger partial charge in [-0.3, -0.25) is 9.59 Å². The van der Waals surface area contributed by atoms with Crippen molar-refractivity contribution in [3.05, 3.63) is 23.8 Å². The van der Waals surface area contributed by atoms with Crippen LogP contribution in [0.1, 0.15) is 70.2 Å². The monoisotopic (exact) mass is 420 g/mol. The smallest absolute Gasteiger partial charge is 0.251 e. The van der Waals surface area contributed by atoms with Gasteiger partial charge in [0.25, 0.3) is 5.91 Å². The van der Waals surface area contributed by atoms with E-state index in [1.165, 1.54) is 0 Å². The van der Waals surface area contributed by atoms with Gasteiger partial charge in [0.05, 0.1) is 12.7 Å². The summed E-state index contributed by atoms with van der Waals surface area (Å²) in [4.78, 5) is 26.0. The van der Waals surface area contributed by atoms with Crippen molar-refractivity contribution in [3.8, 4) is 11.5 Å². The zero-order chi connectivity index (χ0) is 22.3. The van der Waals surface area contributed by atoms with Gasteiger partial charge in [0.15, 0.2) is 11.5 Å². The number of carbonyl (C=O) groups excluding carboxylic acids is 2. The average Bonchev–Trinajstić information content (AvgIpc) is 2.67. The lowest BCUT2D eigenvalue weighted by molar-refractivity contribution is -0.130. The van der Waals surface area contributed by atoms with Crippen LogP contribution >= 0.6 is 0 Å². The van der Waals surface area contributed by atoms with E-state index >= 15 is 0 Å². The average molecular weight is 421 g/mol. The van der Waals surface area contributed by atoms with Crippen LogP contribution in [0.4, 0.5) is 0 Å². The highest BCUT2D eigenvalue weighted by atomic mass is 16.5. The second-order valence-corrected chi connectivity index (χ2v) is 8.77. The summed E-state index contributed by atoms with van der Waals surface area (Å²) >= 11 is 0. The molecule has 1 aliphatic heterocycles. The second kappa shape index (κ2) is 10.7. The summed E-state index contributed by atoms with van der Waals surface area (Å²) in [5.41, 5.74) is -0.173. The molecule has 1 atom stereocenters. The number of likely N-dealkylation sites (tertiary alicyclic amines) is 1. The van der Waals surface area contributed by atoms with Crippen LogP contribution in [0.2, 0.25) is 0 Å². The number of nitrogens with zero attached hydrogens (tertiary/aromatic N) is 1. The standard InChI is InChI=1S/C23H36N2O5/c1-16(7-6-12-23(3,4)28)24-22(27)18-8-9-20(29-5)21(15-18)30-19-10-13-25(14-11-19)17(2)26/h8-9,15-16,19,28H,6-7,10-14H2,1-5H3,(H,24,27)/t16-/m1/s1. The molecule has 0 spiro atoms. The number of hydrogen-bond acceptors (Lipinski definition) is 5. The maximum atomic E-state index is 12.7. The number of ether oxygens (including phenoxy) is 2. The fourth-order valence-corrected chi connectivity index (χ4v) is 3.60. The van der Waals surface area contributed by atoms with Gasteiger partial charge in [0, 0.05) is 44.5 Å². The first-order chi connectivity index (χ1) is 14.1. The van der Waals surface area contributed by atoms with E-state index in [1.807, 2.05) is 11.8 Å². The van der Waals surface area contributed by atoms with E-state index in [9.17, 15) is 14.7 Å². The van der Waals surface area contributed by atoms with Crippen molar-refractivity contribution >= 4 is 11.8 Å². The highest BCUT2D eigenvalue weighted by molar-refractivity contribution is 5.95. The molecule has 0 aliphatic carbocycles. The minimum atomic E-state index is -0.688. The van der Waals surface area contributed by atoms with E-state index in [1.54, 1.807) is 46.1 Å². The fourth-order valence-electron chi connectivity index (χ4n) is 3.60. The van der Waals surface area contributed by atoms with Crippen LogP contribution in [0.15, 0.2) is 18.2 Å². The predicted molar refractivity (Wildman–Crippen MR) is 116 cm³/mol. The first kappa shape index (κ1) is 24.0. The number of benzene rings is 1. The maximum Gasteiger partial charge on any atom is 0.251 e. The van der Waals surface area contributed by atoms with Gasteiger partial charge < -0.3 is 24.8 Å². The minimum absolute atomic E-state index is 0.00206. The number of amides is 2. The number of nitrogens with one attached hydrogen (secondary N) is 1. The fraction of sp³-hybridized carbons (Fsp3) is 0.652. The van der Waals surface area contributed by atoms with Crippen molar-refractivity contribution < 1.29 is 24.2 Å². The Morgan fingerprint density at radius 2 is 1.93 bits per heavy atom. The van der Waals surface area contributed by atoms with Gasteiger partial charge in [-0.2, -0.15) is 0 Å². The van der Waals surface area contributed by atoms with Gasteiger partial charge in [-0.1, -0.05) is 0 Å². The summed E-state index contributed by atoms with van der Waals surface area (Å²) in [6.07, 6.45) is 3.80. The van der Waals surface area contributed by atoms with Crippen molar-refractivity contribution in [2.45, 2.75) is 77.5 Å². The molecular weight excluding hydrogens is 384 g/mol. The number of aliphatic hydroxyl groups is 1. The molecule has 1 fully saturated rings. The SMILES string of the molecule is COc1ccc(C(=O)N[C@H](C)CCCC(C)(C)O)cc1OC1CCN(C(C)=O)CC1. The quantitative estimate of drug-likeness (QED) is 0.641. The summed E-state index contributed by atoms with van der Waals surface area (Å²) in [5, 5.41) is 12.8. The van der Waals surface area contributed by atoms with E-state index in [4.69, 9.17) is 9.47 Å². The molecule has 1 aromatic carbocycles. The van der Waals surface area contributed by atoms with Gasteiger partial charge >= 0.3 is 0 Å². The molecule has 7 heteroatoms. The van der Waals surface area contributed by atoms with Crippen LogP contribution in [0.25, 0.3) is 0 Å². The number of rotatable bonds is 9. The van der Waals surface area contributed by atoms with Crippen LogP contribution in [-0.4, -0.2) is 59.8 Å². The van der Waals surface area contributed by atoms with E-state index in [0.29, 0.717) is 36.6 Å². The van der Waals surface area contributed by atoms with Gasteiger partial charge in [-0.25, -0.2) is 0 Å². The first-order valence-corrected chi connectivity index (χ1v) is 10.7. The Bertz CT molecular complexity index is 721. The lowest BCUT2D eigenvalue weighted by atomic mass is 9.99. The third-order valence-corrected chi connectivity index (χ3v) is 5.41. The van der Waals surface area contributed by atoms with Crippen molar-refractivity contribution in [1.29, 1.82) is 0 Å². The molecule has 0 aromatic heterocycles. The van der Waals surface area contributed by atoms with Crippen molar-refractivity contribution in [2.24, 2.45) is 0 Å². The number of hydrogen-bond donors (Lipinski definition) is 2. The molecule has 2 amide bonds. The zero-order valence-corrected chi connectivity index (χ0v) is 18.9. The number of carbonyl (C=O) groups is 2. The molecular formula is C23H36N2O5. The van der Waals surface area contributed by atoms with Gasteiger partial charge in [-0.15, -0.1) is 0 Å². The Hall–Kier alpha value is -2.28. The molecule has 0 bridgehead atoms. The van der Waals surface area contributed by atoms with Crippen molar-refractivity contribution in [2.75, 3.05) is 20.2 Å². The van der Waals surface area contributed by atoms with Gasteiger partial charge in [0.2, 0.25) is 5.91 Å². The van der Waals surface area contributed by atoms with E-state index in [2.05, 4.69) is 5.32 Å². The molecule has 30 heavy (non-hydrogen) atoms. The molecule has 7 nitrogen and oxygen atoms in total. The van der Waals surface area contributed by atoms with Crippen LogP contribution in [0.3, 0.4) is 0 Å². The molecule has 1 saturated heterocycles. The van der Waals surface area contributed by atoms with Gasteiger partial charge in [0.1, 0.15) is 6.10 Å². The highest BCUT2D eigenvalue weighted by Crippen LogP contribution is 2.31. The van der Waals surface area contributed by atoms with Crippen LogP contribution in [-0.2, 0) is 4.79 Å². The summed E-state index contributed by atoms with van der Waals surface area (Å²) in [6, 6.07) is 5.19. The third kappa shape index (κ3) is 7.52. The van der Waals surface area contributed by atoms with E-state index in [-0.39, 0.29) is 24.0 Å². The lowest BCUT2D eigenvalue weighted by Crippen LogP contribution is -2.40. The number of methoxy groups -OCH3 is 1. The van der Waals surface area contributed by atoms with Crippen molar-refractivity contribution in [3.63, 3.8) is 0 Å². The largest absolute Gasteiger partial charge is 0.493 e. The number of piperidine rings is 1. The Morgan fingerprint density at radius 1 is 1.27 bits per heavy atom. The van der Waals surface area contributed by atoms with Crippen LogP contribution < -0.4 is 14.8 Å². The molecule has 0 saturated carbocycles. The highest BCUT2D eigenvalue weighted by Gasteiger charge is 2.23. The molecule has 0 unspecified atom stereocenters. The Kier molecular flexibility index (Phi) is 8.53. The van der Waals surface area contributed by atoms with Gasteiger partial charge in [-0.05, 0) is 58.2 Å². The topological polar surface area (TPSA) is 88.1 Å². The Labute approximate surface area is 179 Å². The zero-order valence-electron chi connectivity index (χ0n) is 18.9.